The molecule has 1 fully saturated rings. The average Bonchev–Trinajstić information content (AvgIpc) is 2.42. The van der Waals surface area contributed by atoms with Crippen molar-refractivity contribution in [1.82, 2.24) is 10.2 Å². The molecule has 2 nitrogen and oxygen atoms in total. The fourth-order valence-electron chi connectivity index (χ4n) is 2.72. The zero-order valence-electron chi connectivity index (χ0n) is 11.5. The van der Waals surface area contributed by atoms with Crippen molar-refractivity contribution in [2.45, 2.75) is 38.8 Å². The first-order valence-corrected chi connectivity index (χ1v) is 7.88. The van der Waals surface area contributed by atoms with Crippen LogP contribution in [0.25, 0.3) is 0 Å². The maximum atomic E-state index is 13.9. The Morgan fingerprint density at radius 1 is 1.37 bits per heavy atom. The third-order valence-electron chi connectivity index (χ3n) is 3.72. The fourth-order valence-corrected chi connectivity index (χ4v) is 3.05. The van der Waals surface area contributed by atoms with Gasteiger partial charge >= 0.3 is 0 Å². The molecular weight excluding hydrogens is 307 g/mol. The molecule has 0 unspecified atom stereocenters. The summed E-state index contributed by atoms with van der Waals surface area (Å²) in [6.45, 7) is 6.10. The number of rotatable bonds is 5. The number of halogens is 2. The maximum Gasteiger partial charge on any atom is 0.128 e. The highest BCUT2D eigenvalue weighted by Crippen LogP contribution is 2.20. The van der Waals surface area contributed by atoms with Gasteiger partial charge in [0.25, 0.3) is 0 Å². The van der Waals surface area contributed by atoms with Gasteiger partial charge in [-0.1, -0.05) is 28.9 Å². The topological polar surface area (TPSA) is 15.3 Å². The van der Waals surface area contributed by atoms with E-state index in [9.17, 15) is 4.39 Å². The van der Waals surface area contributed by atoms with Crippen molar-refractivity contribution in [1.29, 1.82) is 0 Å². The highest BCUT2D eigenvalue weighted by molar-refractivity contribution is 9.10. The highest BCUT2D eigenvalue weighted by Gasteiger charge is 2.21. The Morgan fingerprint density at radius 3 is 2.74 bits per heavy atom. The summed E-state index contributed by atoms with van der Waals surface area (Å²) in [5.74, 6) is -0.107. The molecule has 1 aliphatic rings. The smallest absolute Gasteiger partial charge is 0.128 e. The van der Waals surface area contributed by atoms with Crippen LogP contribution in [0.3, 0.4) is 0 Å². The lowest BCUT2D eigenvalue weighted by Crippen LogP contribution is -2.43. The lowest BCUT2D eigenvalue weighted by Gasteiger charge is -2.34. The fraction of sp³-hybridized carbons (Fsp3) is 0.600. The third kappa shape index (κ3) is 4.26. The van der Waals surface area contributed by atoms with Gasteiger partial charge in [0.1, 0.15) is 5.82 Å². The van der Waals surface area contributed by atoms with E-state index >= 15 is 0 Å². The number of nitrogens with zero attached hydrogens (tertiary/aromatic N) is 1. The Kier molecular flexibility index (Phi) is 5.79. The molecule has 0 amide bonds. The minimum Gasteiger partial charge on any atom is -0.317 e. The molecule has 0 atom stereocenters. The van der Waals surface area contributed by atoms with E-state index in [0.29, 0.717) is 6.04 Å². The van der Waals surface area contributed by atoms with Crippen molar-refractivity contribution in [3.8, 4) is 0 Å². The van der Waals surface area contributed by atoms with E-state index in [2.05, 4.69) is 33.1 Å². The van der Waals surface area contributed by atoms with Crippen molar-refractivity contribution in [2.75, 3.05) is 19.6 Å². The van der Waals surface area contributed by atoms with Crippen molar-refractivity contribution in [3.63, 3.8) is 0 Å². The molecule has 0 aliphatic carbocycles. The van der Waals surface area contributed by atoms with Crippen LogP contribution in [-0.2, 0) is 6.54 Å². The van der Waals surface area contributed by atoms with Gasteiger partial charge in [-0.05, 0) is 51.0 Å². The summed E-state index contributed by atoms with van der Waals surface area (Å²) in [7, 11) is 0. The van der Waals surface area contributed by atoms with Gasteiger partial charge in [0.05, 0.1) is 0 Å². The van der Waals surface area contributed by atoms with Crippen LogP contribution >= 0.6 is 15.9 Å². The molecule has 19 heavy (non-hydrogen) atoms. The molecule has 0 radical (unpaired) electrons. The minimum atomic E-state index is -0.107. The molecule has 1 aliphatic heterocycles. The Hall–Kier alpha value is -0.450. The number of piperidine rings is 1. The first-order chi connectivity index (χ1) is 9.20. The van der Waals surface area contributed by atoms with E-state index < -0.39 is 0 Å². The predicted octanol–water partition coefficient (Wildman–Crippen LogP) is 3.55. The van der Waals surface area contributed by atoms with Gasteiger partial charge in [0.2, 0.25) is 0 Å². The number of hydrogen-bond acceptors (Lipinski definition) is 2. The zero-order chi connectivity index (χ0) is 13.7. The number of nitrogens with one attached hydrogen (secondary N) is 1. The standard InChI is InChI=1S/C15H22BrFN2/c1-2-9-19(14-5-7-18-8-6-14)11-12-3-4-13(16)10-15(12)17/h3-4,10,14,18H,2,5-9,11H2,1H3. The van der Waals surface area contributed by atoms with Crippen LogP contribution < -0.4 is 5.32 Å². The van der Waals surface area contributed by atoms with E-state index in [1.54, 1.807) is 6.07 Å². The Bertz CT molecular complexity index is 405. The van der Waals surface area contributed by atoms with E-state index in [1.165, 1.54) is 0 Å². The van der Waals surface area contributed by atoms with Crippen molar-refractivity contribution in [3.05, 3.63) is 34.1 Å². The van der Waals surface area contributed by atoms with Crippen LogP contribution in [-0.4, -0.2) is 30.6 Å². The number of hydrogen-bond donors (Lipinski definition) is 1. The summed E-state index contributed by atoms with van der Waals surface area (Å²) < 4.78 is 14.8. The van der Waals surface area contributed by atoms with Crippen LogP contribution in [0, 0.1) is 5.82 Å². The molecule has 1 N–H and O–H groups in total. The monoisotopic (exact) mass is 328 g/mol. The van der Waals surface area contributed by atoms with E-state index in [4.69, 9.17) is 0 Å². The molecule has 1 heterocycles. The van der Waals surface area contributed by atoms with Gasteiger partial charge in [0.15, 0.2) is 0 Å². The second-order valence-corrected chi connectivity index (χ2v) is 6.10. The Morgan fingerprint density at radius 2 is 2.11 bits per heavy atom. The quantitative estimate of drug-likeness (QED) is 0.889. The molecule has 0 spiro atoms. The molecule has 106 valence electrons. The highest BCUT2D eigenvalue weighted by atomic mass is 79.9. The van der Waals surface area contributed by atoms with Crippen LogP contribution in [0.5, 0.6) is 0 Å². The van der Waals surface area contributed by atoms with Crippen molar-refractivity contribution >= 4 is 15.9 Å². The molecule has 0 aromatic heterocycles. The minimum absolute atomic E-state index is 0.107. The number of benzene rings is 1. The molecule has 0 bridgehead atoms. The van der Waals surface area contributed by atoms with Crippen LogP contribution in [0.1, 0.15) is 31.7 Å². The summed E-state index contributed by atoms with van der Waals surface area (Å²) in [4.78, 5) is 2.44. The SMILES string of the molecule is CCCN(Cc1ccc(Br)cc1F)C1CCNCC1. The van der Waals surface area contributed by atoms with Gasteiger partial charge in [-0.3, -0.25) is 4.90 Å². The molecule has 2 rings (SSSR count). The van der Waals surface area contributed by atoms with Crippen molar-refractivity contribution in [2.24, 2.45) is 0 Å². The van der Waals surface area contributed by atoms with Crippen LogP contribution in [0.2, 0.25) is 0 Å². The third-order valence-corrected chi connectivity index (χ3v) is 4.22. The van der Waals surface area contributed by atoms with Gasteiger partial charge in [-0.15, -0.1) is 0 Å². The first kappa shape index (κ1) is 14.9. The van der Waals surface area contributed by atoms with Gasteiger partial charge < -0.3 is 5.32 Å². The van der Waals surface area contributed by atoms with E-state index in [1.807, 2.05) is 12.1 Å². The summed E-state index contributed by atoms with van der Waals surface area (Å²) >= 11 is 3.31. The summed E-state index contributed by atoms with van der Waals surface area (Å²) in [6, 6.07) is 5.96. The van der Waals surface area contributed by atoms with Gasteiger partial charge in [-0.25, -0.2) is 4.39 Å². The first-order valence-electron chi connectivity index (χ1n) is 7.09. The van der Waals surface area contributed by atoms with E-state index in [-0.39, 0.29) is 5.82 Å². The van der Waals surface area contributed by atoms with Gasteiger partial charge in [0, 0.05) is 22.6 Å². The molecule has 4 heteroatoms. The maximum absolute atomic E-state index is 13.9. The summed E-state index contributed by atoms with van der Waals surface area (Å²) in [6.07, 6.45) is 3.44. The van der Waals surface area contributed by atoms with Crippen LogP contribution in [0.4, 0.5) is 4.39 Å². The second-order valence-electron chi connectivity index (χ2n) is 5.19. The lowest BCUT2D eigenvalue weighted by molar-refractivity contribution is 0.152. The van der Waals surface area contributed by atoms with E-state index in [0.717, 1.165) is 55.5 Å². The molecule has 1 aromatic carbocycles. The normalized spacial score (nSPS) is 17.1. The predicted molar refractivity (Wildman–Crippen MR) is 80.7 cm³/mol. The van der Waals surface area contributed by atoms with Gasteiger partial charge in [-0.2, -0.15) is 0 Å². The molecule has 1 saturated heterocycles. The summed E-state index contributed by atoms with van der Waals surface area (Å²) in [5, 5.41) is 3.39. The average molecular weight is 329 g/mol. The molecular formula is C15H22BrFN2. The largest absolute Gasteiger partial charge is 0.317 e. The second kappa shape index (κ2) is 7.36. The zero-order valence-corrected chi connectivity index (χ0v) is 13.0. The molecule has 0 saturated carbocycles. The summed E-state index contributed by atoms with van der Waals surface area (Å²) in [5.41, 5.74) is 0.801. The van der Waals surface area contributed by atoms with Crippen molar-refractivity contribution < 1.29 is 4.39 Å². The lowest BCUT2D eigenvalue weighted by atomic mass is 10.0. The Labute approximate surface area is 123 Å². The molecule has 1 aromatic rings. The van der Waals surface area contributed by atoms with Crippen LogP contribution in [0.15, 0.2) is 22.7 Å². The Balaban J connectivity index is 2.06.